The third-order valence-corrected chi connectivity index (χ3v) is 6.02. The lowest BCUT2D eigenvalue weighted by Crippen LogP contribution is -2.47. The van der Waals surface area contributed by atoms with Gasteiger partial charge in [0, 0.05) is 11.0 Å². The minimum absolute atomic E-state index is 0.0294. The molecule has 0 N–H and O–H groups in total. The number of hydrogen-bond donors (Lipinski definition) is 0. The molecule has 1 saturated carbocycles. The Bertz CT molecular complexity index is 730. The van der Waals surface area contributed by atoms with E-state index in [1.165, 1.54) is 4.31 Å². The summed E-state index contributed by atoms with van der Waals surface area (Å²) < 4.78 is 27.3. The lowest BCUT2D eigenvalue weighted by Gasteiger charge is -2.36. The lowest BCUT2D eigenvalue weighted by molar-refractivity contribution is 0.240. The van der Waals surface area contributed by atoms with Crippen LogP contribution in [0.4, 0.5) is 0 Å². The van der Waals surface area contributed by atoms with Crippen LogP contribution in [0.1, 0.15) is 31.2 Å². The molecule has 1 aromatic rings. The molecular weight excluding hydrogens is 312 g/mol. The van der Waals surface area contributed by atoms with Crippen molar-refractivity contribution >= 4 is 10.0 Å². The van der Waals surface area contributed by atoms with Crippen molar-refractivity contribution in [3.05, 3.63) is 40.3 Å². The Hall–Kier alpha value is -2.00. The van der Waals surface area contributed by atoms with Gasteiger partial charge in [-0.2, -0.15) is 4.31 Å². The topological polar surface area (TPSA) is 86.1 Å². The molecule has 2 rings (SSSR count). The highest BCUT2D eigenvalue weighted by atomic mass is 32.2. The zero-order valence-electron chi connectivity index (χ0n) is 13.1. The van der Waals surface area contributed by atoms with Crippen molar-refractivity contribution in [2.75, 3.05) is 6.54 Å². The first kappa shape index (κ1) is 17.4. The van der Waals surface area contributed by atoms with Crippen molar-refractivity contribution in [3.63, 3.8) is 0 Å². The van der Waals surface area contributed by atoms with E-state index >= 15 is 0 Å². The quantitative estimate of drug-likeness (QED) is 0.359. The Balaban J connectivity index is 2.41. The number of azide groups is 1. The molecule has 1 aliphatic rings. The van der Waals surface area contributed by atoms with Crippen molar-refractivity contribution in [1.82, 2.24) is 4.31 Å². The van der Waals surface area contributed by atoms with Gasteiger partial charge in [-0.15, -0.1) is 6.42 Å². The van der Waals surface area contributed by atoms with Gasteiger partial charge in [-0.25, -0.2) is 8.42 Å². The number of benzene rings is 1. The summed E-state index contributed by atoms with van der Waals surface area (Å²) in [6, 6.07) is 5.92. The second-order valence-electron chi connectivity index (χ2n) is 5.69. The second-order valence-corrected chi connectivity index (χ2v) is 7.58. The lowest BCUT2D eigenvalue weighted by atomic mass is 9.91. The summed E-state index contributed by atoms with van der Waals surface area (Å²) in [5.74, 6) is 2.43. The number of sulfonamides is 1. The minimum atomic E-state index is -3.72. The highest BCUT2D eigenvalue weighted by molar-refractivity contribution is 7.89. The fourth-order valence-corrected chi connectivity index (χ4v) is 4.54. The van der Waals surface area contributed by atoms with Crippen LogP contribution >= 0.6 is 0 Å². The van der Waals surface area contributed by atoms with Crippen molar-refractivity contribution < 1.29 is 8.42 Å². The van der Waals surface area contributed by atoms with Crippen LogP contribution in [0, 0.1) is 19.3 Å². The van der Waals surface area contributed by atoms with Gasteiger partial charge in [0.05, 0.1) is 17.5 Å². The van der Waals surface area contributed by atoms with Gasteiger partial charge in [-0.05, 0) is 37.4 Å². The average Bonchev–Trinajstić information content (AvgIpc) is 2.54. The van der Waals surface area contributed by atoms with Gasteiger partial charge in [0.15, 0.2) is 0 Å². The summed E-state index contributed by atoms with van der Waals surface area (Å²) in [5, 5.41) is 3.80. The van der Waals surface area contributed by atoms with Crippen molar-refractivity contribution in [3.8, 4) is 12.3 Å². The van der Waals surface area contributed by atoms with Crippen LogP contribution in [0.2, 0.25) is 0 Å². The molecule has 0 aromatic heterocycles. The Morgan fingerprint density at radius 1 is 1.35 bits per heavy atom. The molecule has 1 fully saturated rings. The van der Waals surface area contributed by atoms with Gasteiger partial charge < -0.3 is 0 Å². The summed E-state index contributed by atoms with van der Waals surface area (Å²) in [6.07, 6.45) is 8.54. The standard InChI is InChI=1S/C16H20N4O2S/c1-3-12-20(16-7-5-4-6-15(16)18-19-17)23(21,22)14-10-8-13(2)9-11-14/h1,8-11,15-16H,4-7,12H2,2H3/t15-,16-/m1/s1. The van der Waals surface area contributed by atoms with E-state index in [-0.39, 0.29) is 23.5 Å². The maximum Gasteiger partial charge on any atom is 0.244 e. The first-order valence-electron chi connectivity index (χ1n) is 7.57. The van der Waals surface area contributed by atoms with E-state index in [9.17, 15) is 8.42 Å². The number of nitrogens with zero attached hydrogens (tertiary/aromatic N) is 4. The van der Waals surface area contributed by atoms with E-state index in [1.807, 2.05) is 6.92 Å². The highest BCUT2D eigenvalue weighted by Gasteiger charge is 2.36. The van der Waals surface area contributed by atoms with Crippen LogP contribution in [0.15, 0.2) is 34.3 Å². The van der Waals surface area contributed by atoms with Crippen molar-refractivity contribution in [1.29, 1.82) is 0 Å². The number of rotatable bonds is 5. The predicted octanol–water partition coefficient (Wildman–Crippen LogP) is 3.24. The van der Waals surface area contributed by atoms with Crippen LogP contribution in [0.5, 0.6) is 0 Å². The Morgan fingerprint density at radius 3 is 2.61 bits per heavy atom. The zero-order chi connectivity index (χ0) is 16.9. The molecular formula is C16H20N4O2S. The van der Waals surface area contributed by atoms with Crippen LogP contribution in [-0.4, -0.2) is 31.4 Å². The molecule has 1 aromatic carbocycles. The predicted molar refractivity (Wildman–Crippen MR) is 89.1 cm³/mol. The second kappa shape index (κ2) is 7.51. The summed E-state index contributed by atoms with van der Waals surface area (Å²) >= 11 is 0. The maximum atomic E-state index is 13.0. The number of terminal acetylenes is 1. The molecule has 0 heterocycles. The summed E-state index contributed by atoms with van der Waals surface area (Å²) in [6.45, 7) is 1.87. The number of aryl methyl sites for hydroxylation is 1. The Kier molecular flexibility index (Phi) is 5.67. The van der Waals surface area contributed by atoms with Gasteiger partial charge in [-0.3, -0.25) is 0 Å². The molecule has 1 aliphatic carbocycles. The highest BCUT2D eigenvalue weighted by Crippen LogP contribution is 2.30. The van der Waals surface area contributed by atoms with Crippen LogP contribution in [0.25, 0.3) is 10.4 Å². The zero-order valence-corrected chi connectivity index (χ0v) is 13.9. The average molecular weight is 332 g/mol. The minimum Gasteiger partial charge on any atom is -0.207 e. The van der Waals surface area contributed by atoms with E-state index in [2.05, 4.69) is 15.9 Å². The normalized spacial score (nSPS) is 21.4. The van der Waals surface area contributed by atoms with Crippen molar-refractivity contribution in [2.45, 2.75) is 49.6 Å². The van der Waals surface area contributed by atoms with E-state index < -0.39 is 10.0 Å². The summed E-state index contributed by atoms with van der Waals surface area (Å²) in [7, 11) is -3.72. The van der Waals surface area contributed by atoms with Crippen LogP contribution in [-0.2, 0) is 10.0 Å². The van der Waals surface area contributed by atoms with Crippen LogP contribution in [0.3, 0.4) is 0 Å². The smallest absolute Gasteiger partial charge is 0.207 e. The molecule has 6 nitrogen and oxygen atoms in total. The largest absolute Gasteiger partial charge is 0.244 e. The van der Waals surface area contributed by atoms with E-state index in [0.29, 0.717) is 12.8 Å². The number of hydrogen-bond acceptors (Lipinski definition) is 3. The molecule has 0 amide bonds. The molecule has 0 bridgehead atoms. The van der Waals surface area contributed by atoms with Gasteiger partial charge in [0.25, 0.3) is 0 Å². The van der Waals surface area contributed by atoms with Crippen LogP contribution < -0.4 is 0 Å². The molecule has 0 saturated heterocycles. The van der Waals surface area contributed by atoms with E-state index in [4.69, 9.17) is 12.0 Å². The first-order chi connectivity index (χ1) is 11.0. The van der Waals surface area contributed by atoms with Crippen molar-refractivity contribution in [2.24, 2.45) is 5.11 Å². The Morgan fingerprint density at radius 2 is 2.00 bits per heavy atom. The van der Waals surface area contributed by atoms with Gasteiger partial charge >= 0.3 is 0 Å². The molecule has 0 radical (unpaired) electrons. The Labute approximate surface area is 137 Å². The van der Waals surface area contributed by atoms with Gasteiger partial charge in [0.2, 0.25) is 10.0 Å². The van der Waals surface area contributed by atoms with E-state index in [1.54, 1.807) is 24.3 Å². The molecule has 23 heavy (non-hydrogen) atoms. The summed E-state index contributed by atoms with van der Waals surface area (Å²) in [5.41, 5.74) is 9.73. The SMILES string of the molecule is C#CCN([C@@H]1CCCC[C@H]1N=[N+]=[N-])S(=O)(=O)c1ccc(C)cc1. The molecule has 2 atom stereocenters. The summed E-state index contributed by atoms with van der Waals surface area (Å²) in [4.78, 5) is 3.08. The van der Waals surface area contributed by atoms with E-state index in [0.717, 1.165) is 18.4 Å². The fraction of sp³-hybridized carbons (Fsp3) is 0.500. The molecule has 0 spiro atoms. The first-order valence-corrected chi connectivity index (χ1v) is 9.01. The third kappa shape index (κ3) is 3.85. The molecule has 0 unspecified atom stereocenters. The van der Waals surface area contributed by atoms with Gasteiger partial charge in [-0.1, -0.05) is 41.6 Å². The molecule has 122 valence electrons. The molecule has 0 aliphatic heterocycles. The molecule has 7 heteroatoms. The monoisotopic (exact) mass is 332 g/mol. The third-order valence-electron chi connectivity index (χ3n) is 4.14. The van der Waals surface area contributed by atoms with Gasteiger partial charge in [0.1, 0.15) is 0 Å². The maximum absolute atomic E-state index is 13.0. The fourth-order valence-electron chi connectivity index (χ4n) is 2.94.